The van der Waals surface area contributed by atoms with Gasteiger partial charge in [-0.15, -0.1) is 0 Å². The highest BCUT2D eigenvalue weighted by molar-refractivity contribution is 5.78. The van der Waals surface area contributed by atoms with Gasteiger partial charge in [0.05, 0.1) is 19.2 Å². The first-order valence-corrected chi connectivity index (χ1v) is 5.46. The number of amides is 1. The van der Waals surface area contributed by atoms with Gasteiger partial charge in [-0.2, -0.15) is 0 Å². The molecule has 0 unspecified atom stereocenters. The van der Waals surface area contributed by atoms with E-state index in [9.17, 15) is 4.79 Å². The average molecular weight is 230 g/mol. The summed E-state index contributed by atoms with van der Waals surface area (Å²) < 4.78 is 5.26. The van der Waals surface area contributed by atoms with Crippen LogP contribution in [0.15, 0.2) is 40.9 Å². The summed E-state index contributed by atoms with van der Waals surface area (Å²) in [6.07, 6.45) is 2.01. The molecule has 2 rings (SSSR count). The molecule has 0 atom stereocenters. The highest BCUT2D eigenvalue weighted by Gasteiger charge is 2.05. The minimum Gasteiger partial charge on any atom is -0.444 e. The molecule has 1 N–H and O–H groups in total. The van der Waals surface area contributed by atoms with Gasteiger partial charge >= 0.3 is 0 Å². The van der Waals surface area contributed by atoms with E-state index in [1.807, 2.05) is 37.3 Å². The predicted molar refractivity (Wildman–Crippen MR) is 63.2 cm³/mol. The van der Waals surface area contributed by atoms with E-state index < -0.39 is 0 Å². The zero-order valence-electron chi connectivity index (χ0n) is 9.64. The molecule has 2 aromatic rings. The Balaban J connectivity index is 1.82. The fourth-order valence-electron chi connectivity index (χ4n) is 1.50. The number of oxazole rings is 1. The Morgan fingerprint density at radius 3 is 2.76 bits per heavy atom. The van der Waals surface area contributed by atoms with Gasteiger partial charge in [0, 0.05) is 0 Å². The lowest BCUT2D eigenvalue weighted by atomic mass is 10.1. The number of aromatic nitrogens is 1. The molecule has 1 aromatic carbocycles. The van der Waals surface area contributed by atoms with Crippen molar-refractivity contribution in [2.75, 3.05) is 0 Å². The fraction of sp³-hybridized carbons (Fsp3) is 0.231. The van der Waals surface area contributed by atoms with E-state index in [1.165, 1.54) is 0 Å². The second kappa shape index (κ2) is 5.30. The summed E-state index contributed by atoms with van der Waals surface area (Å²) >= 11 is 0. The van der Waals surface area contributed by atoms with E-state index in [2.05, 4.69) is 10.3 Å². The molecular weight excluding hydrogens is 216 g/mol. The number of hydrogen-bond acceptors (Lipinski definition) is 3. The summed E-state index contributed by atoms with van der Waals surface area (Å²) in [5.41, 5.74) is 0.994. The maximum Gasteiger partial charge on any atom is 0.224 e. The number of carbonyl (C=O) groups is 1. The van der Waals surface area contributed by atoms with Crippen molar-refractivity contribution in [3.63, 3.8) is 0 Å². The fourth-order valence-corrected chi connectivity index (χ4v) is 1.50. The van der Waals surface area contributed by atoms with Crippen LogP contribution >= 0.6 is 0 Å². The van der Waals surface area contributed by atoms with Crippen LogP contribution in [0.2, 0.25) is 0 Å². The zero-order valence-corrected chi connectivity index (χ0v) is 9.64. The minimum absolute atomic E-state index is 0.0351. The maximum absolute atomic E-state index is 11.6. The Morgan fingerprint density at radius 1 is 1.35 bits per heavy atom. The zero-order chi connectivity index (χ0) is 12.1. The van der Waals surface area contributed by atoms with Gasteiger partial charge in [0.25, 0.3) is 0 Å². The van der Waals surface area contributed by atoms with Crippen LogP contribution in [0.25, 0.3) is 0 Å². The number of hydrogen-bond donors (Lipinski definition) is 1. The molecule has 17 heavy (non-hydrogen) atoms. The van der Waals surface area contributed by atoms with Crippen molar-refractivity contribution in [3.8, 4) is 0 Å². The molecular formula is C13H14N2O2. The number of nitrogens with one attached hydrogen (secondary N) is 1. The van der Waals surface area contributed by atoms with Crippen LogP contribution < -0.4 is 5.32 Å². The lowest BCUT2D eigenvalue weighted by Gasteiger charge is -2.02. The smallest absolute Gasteiger partial charge is 0.224 e. The van der Waals surface area contributed by atoms with Gasteiger partial charge < -0.3 is 9.73 Å². The van der Waals surface area contributed by atoms with Crippen molar-refractivity contribution in [1.29, 1.82) is 0 Å². The van der Waals surface area contributed by atoms with Crippen LogP contribution in [0.3, 0.4) is 0 Å². The molecule has 1 aromatic heterocycles. The van der Waals surface area contributed by atoms with Gasteiger partial charge in [-0.1, -0.05) is 30.3 Å². The molecule has 1 amide bonds. The van der Waals surface area contributed by atoms with E-state index >= 15 is 0 Å². The van der Waals surface area contributed by atoms with Crippen LogP contribution in [-0.2, 0) is 17.8 Å². The van der Waals surface area contributed by atoms with Gasteiger partial charge in [-0.05, 0) is 12.5 Å². The number of carbonyl (C=O) groups excluding carboxylic acids is 1. The van der Waals surface area contributed by atoms with E-state index in [0.717, 1.165) is 11.3 Å². The average Bonchev–Trinajstić information content (AvgIpc) is 2.74. The van der Waals surface area contributed by atoms with Crippen LogP contribution in [0.4, 0.5) is 0 Å². The first-order chi connectivity index (χ1) is 8.24. The van der Waals surface area contributed by atoms with E-state index in [4.69, 9.17) is 4.42 Å². The summed E-state index contributed by atoms with van der Waals surface area (Å²) in [6.45, 7) is 2.15. The second-order valence-corrected chi connectivity index (χ2v) is 3.80. The van der Waals surface area contributed by atoms with Crippen LogP contribution in [-0.4, -0.2) is 10.9 Å². The summed E-state index contributed by atoms with van der Waals surface area (Å²) in [5.74, 6) is 1.24. The first kappa shape index (κ1) is 11.4. The largest absolute Gasteiger partial charge is 0.444 e. The molecule has 0 saturated heterocycles. The number of rotatable bonds is 4. The van der Waals surface area contributed by atoms with E-state index in [1.54, 1.807) is 6.20 Å². The molecule has 1 heterocycles. The summed E-state index contributed by atoms with van der Waals surface area (Å²) in [6, 6.07) is 9.61. The van der Waals surface area contributed by atoms with Gasteiger partial charge in [0.1, 0.15) is 5.76 Å². The SMILES string of the molecule is Cc1cnc(CNC(=O)Cc2ccccc2)o1. The third-order valence-corrected chi connectivity index (χ3v) is 2.31. The Labute approximate surface area is 99.7 Å². The van der Waals surface area contributed by atoms with Crippen LogP contribution in [0, 0.1) is 6.92 Å². The normalized spacial score (nSPS) is 10.2. The predicted octanol–water partition coefficient (Wildman–Crippen LogP) is 1.84. The summed E-state index contributed by atoms with van der Waals surface area (Å²) in [7, 11) is 0. The molecule has 0 bridgehead atoms. The second-order valence-electron chi connectivity index (χ2n) is 3.80. The summed E-state index contributed by atoms with van der Waals surface area (Å²) in [5, 5.41) is 2.77. The first-order valence-electron chi connectivity index (χ1n) is 5.46. The van der Waals surface area contributed by atoms with Crippen molar-refractivity contribution < 1.29 is 9.21 Å². The van der Waals surface area contributed by atoms with Crippen molar-refractivity contribution in [1.82, 2.24) is 10.3 Å². The number of benzene rings is 1. The third-order valence-electron chi connectivity index (χ3n) is 2.31. The Kier molecular flexibility index (Phi) is 3.55. The topological polar surface area (TPSA) is 55.1 Å². The van der Waals surface area contributed by atoms with Crippen molar-refractivity contribution in [2.45, 2.75) is 19.9 Å². The van der Waals surface area contributed by atoms with Crippen molar-refractivity contribution in [2.24, 2.45) is 0 Å². The maximum atomic E-state index is 11.6. The highest BCUT2D eigenvalue weighted by atomic mass is 16.4. The highest BCUT2D eigenvalue weighted by Crippen LogP contribution is 2.02. The van der Waals surface area contributed by atoms with Gasteiger partial charge in [0.15, 0.2) is 0 Å². The Morgan fingerprint density at radius 2 is 2.12 bits per heavy atom. The minimum atomic E-state index is -0.0351. The molecule has 88 valence electrons. The summed E-state index contributed by atoms with van der Waals surface area (Å²) in [4.78, 5) is 15.6. The van der Waals surface area contributed by atoms with Crippen molar-refractivity contribution >= 4 is 5.91 Å². The van der Waals surface area contributed by atoms with Crippen molar-refractivity contribution in [3.05, 3.63) is 53.7 Å². The molecule has 4 nitrogen and oxygen atoms in total. The molecule has 0 saturated carbocycles. The molecule has 0 fully saturated rings. The lowest BCUT2D eigenvalue weighted by molar-refractivity contribution is -0.120. The lowest BCUT2D eigenvalue weighted by Crippen LogP contribution is -2.24. The Hall–Kier alpha value is -2.10. The number of nitrogens with zero attached hydrogens (tertiary/aromatic N) is 1. The van der Waals surface area contributed by atoms with Gasteiger partial charge in [-0.25, -0.2) is 4.98 Å². The van der Waals surface area contributed by atoms with Crippen LogP contribution in [0.1, 0.15) is 17.2 Å². The quantitative estimate of drug-likeness (QED) is 0.872. The number of aryl methyl sites for hydroxylation is 1. The third kappa shape index (κ3) is 3.45. The molecule has 4 heteroatoms. The molecule has 0 spiro atoms. The van der Waals surface area contributed by atoms with E-state index in [0.29, 0.717) is 18.9 Å². The van der Waals surface area contributed by atoms with Crippen LogP contribution in [0.5, 0.6) is 0 Å². The standard InChI is InChI=1S/C13H14N2O2/c1-10-8-15-13(17-10)9-14-12(16)7-11-5-3-2-4-6-11/h2-6,8H,7,9H2,1H3,(H,14,16). The molecule has 0 aliphatic heterocycles. The van der Waals surface area contributed by atoms with Gasteiger partial charge in [0.2, 0.25) is 11.8 Å². The monoisotopic (exact) mass is 230 g/mol. The van der Waals surface area contributed by atoms with Gasteiger partial charge in [-0.3, -0.25) is 4.79 Å². The molecule has 0 radical (unpaired) electrons. The van der Waals surface area contributed by atoms with E-state index in [-0.39, 0.29) is 5.91 Å². The molecule has 0 aliphatic carbocycles. The molecule has 0 aliphatic rings. The Bertz CT molecular complexity index is 491.